The van der Waals surface area contributed by atoms with Crippen LogP contribution in [-0.4, -0.2) is 30.9 Å². The number of aliphatic imine (C=N–C) groups is 1. The van der Waals surface area contributed by atoms with Crippen molar-refractivity contribution in [1.82, 2.24) is 0 Å². The van der Waals surface area contributed by atoms with Crippen molar-refractivity contribution in [2.24, 2.45) is 4.99 Å². The van der Waals surface area contributed by atoms with E-state index in [1.807, 2.05) is 0 Å². The second-order valence-electron chi connectivity index (χ2n) is 7.49. The number of carbonyl (C=O) groups is 3. The van der Waals surface area contributed by atoms with E-state index in [1.165, 1.54) is 50.4 Å². The van der Waals surface area contributed by atoms with Crippen molar-refractivity contribution >= 4 is 69.0 Å². The standard InChI is InChI=1S/C26H16BrCl2NO7/c1-13(31)35-22-7-3-14(11-23(22)34-2)24-30-20(26(33)37-24)10-15-9-16(27)4-8-21(15)36-25(32)18-6-5-17(28)12-19(18)29/h3-12H,1-2H3/b20-10-. The van der Waals surface area contributed by atoms with Gasteiger partial charge in [-0.15, -0.1) is 0 Å². The monoisotopic (exact) mass is 603 g/mol. The first-order valence-corrected chi connectivity index (χ1v) is 12.1. The lowest BCUT2D eigenvalue weighted by Crippen LogP contribution is -2.10. The van der Waals surface area contributed by atoms with Gasteiger partial charge in [0.15, 0.2) is 17.2 Å². The summed E-state index contributed by atoms with van der Waals surface area (Å²) >= 11 is 15.4. The molecular weight excluding hydrogens is 589 g/mol. The molecule has 3 aromatic carbocycles. The Balaban J connectivity index is 1.65. The van der Waals surface area contributed by atoms with Crippen molar-refractivity contribution in [3.05, 3.63) is 91.5 Å². The third kappa shape index (κ3) is 6.19. The molecule has 1 heterocycles. The topological polar surface area (TPSA) is 100 Å². The van der Waals surface area contributed by atoms with Gasteiger partial charge in [0.1, 0.15) is 5.75 Å². The fourth-order valence-electron chi connectivity index (χ4n) is 3.25. The lowest BCUT2D eigenvalue weighted by Gasteiger charge is -2.09. The van der Waals surface area contributed by atoms with Gasteiger partial charge < -0.3 is 18.9 Å². The molecule has 3 aromatic rings. The van der Waals surface area contributed by atoms with Gasteiger partial charge in [-0.25, -0.2) is 14.6 Å². The Hall–Kier alpha value is -3.66. The maximum Gasteiger partial charge on any atom is 0.363 e. The van der Waals surface area contributed by atoms with Gasteiger partial charge >= 0.3 is 17.9 Å². The summed E-state index contributed by atoms with van der Waals surface area (Å²) in [6.45, 7) is 1.27. The predicted molar refractivity (Wildman–Crippen MR) is 140 cm³/mol. The van der Waals surface area contributed by atoms with E-state index in [2.05, 4.69) is 20.9 Å². The smallest absolute Gasteiger partial charge is 0.363 e. The number of cyclic esters (lactones) is 1. The van der Waals surface area contributed by atoms with E-state index < -0.39 is 17.9 Å². The first-order chi connectivity index (χ1) is 17.6. The summed E-state index contributed by atoms with van der Waals surface area (Å²) < 4.78 is 21.9. The molecule has 0 bridgehead atoms. The molecule has 1 aliphatic rings. The summed E-state index contributed by atoms with van der Waals surface area (Å²) in [4.78, 5) is 40.9. The predicted octanol–water partition coefficient (Wildman–Crippen LogP) is 6.25. The van der Waals surface area contributed by atoms with Crippen molar-refractivity contribution in [2.75, 3.05) is 7.11 Å². The second-order valence-corrected chi connectivity index (χ2v) is 9.25. The van der Waals surface area contributed by atoms with Gasteiger partial charge in [-0.3, -0.25) is 4.79 Å². The fraction of sp³-hybridized carbons (Fsp3) is 0.0769. The van der Waals surface area contributed by atoms with Gasteiger partial charge in [0, 0.05) is 27.5 Å². The van der Waals surface area contributed by atoms with Crippen molar-refractivity contribution in [1.29, 1.82) is 0 Å². The molecule has 0 atom stereocenters. The summed E-state index contributed by atoms with van der Waals surface area (Å²) in [6.07, 6.45) is 1.43. The SMILES string of the molecule is COc1cc(C2=N/C(=C\c3cc(Br)ccc3OC(=O)c3ccc(Cl)cc3Cl)C(=O)O2)ccc1OC(C)=O. The number of hydrogen-bond donors (Lipinski definition) is 0. The molecule has 0 saturated carbocycles. The first-order valence-electron chi connectivity index (χ1n) is 10.5. The van der Waals surface area contributed by atoms with Crippen LogP contribution in [0.15, 0.2) is 69.8 Å². The van der Waals surface area contributed by atoms with E-state index in [1.54, 1.807) is 24.3 Å². The van der Waals surface area contributed by atoms with Crippen LogP contribution in [0.4, 0.5) is 0 Å². The van der Waals surface area contributed by atoms with E-state index in [9.17, 15) is 14.4 Å². The number of carbonyl (C=O) groups excluding carboxylic acids is 3. The normalized spacial score (nSPS) is 13.7. The van der Waals surface area contributed by atoms with Crippen LogP contribution in [0.1, 0.15) is 28.4 Å². The molecule has 0 aromatic heterocycles. The number of nitrogens with zero attached hydrogens (tertiary/aromatic N) is 1. The van der Waals surface area contributed by atoms with Crippen LogP contribution in [0.25, 0.3) is 6.08 Å². The van der Waals surface area contributed by atoms with E-state index in [4.69, 9.17) is 42.1 Å². The number of rotatable bonds is 6. The van der Waals surface area contributed by atoms with Crippen molar-refractivity contribution in [3.8, 4) is 17.2 Å². The lowest BCUT2D eigenvalue weighted by molar-refractivity contribution is -0.132. The number of ether oxygens (including phenoxy) is 4. The average molecular weight is 605 g/mol. The molecule has 0 fully saturated rings. The second kappa shape index (κ2) is 11.2. The fourth-order valence-corrected chi connectivity index (χ4v) is 4.12. The largest absolute Gasteiger partial charge is 0.493 e. The van der Waals surface area contributed by atoms with Crippen LogP contribution in [0.2, 0.25) is 10.0 Å². The van der Waals surface area contributed by atoms with Gasteiger partial charge in [0.25, 0.3) is 0 Å². The van der Waals surface area contributed by atoms with Crippen molar-refractivity contribution in [3.63, 3.8) is 0 Å². The Labute approximate surface area is 229 Å². The van der Waals surface area contributed by atoms with E-state index in [-0.39, 0.29) is 39.4 Å². The Morgan fingerprint density at radius 2 is 1.73 bits per heavy atom. The molecule has 0 aliphatic carbocycles. The molecule has 37 heavy (non-hydrogen) atoms. The zero-order valence-electron chi connectivity index (χ0n) is 19.2. The summed E-state index contributed by atoms with van der Waals surface area (Å²) in [5.41, 5.74) is 0.896. The first kappa shape index (κ1) is 26.4. The van der Waals surface area contributed by atoms with Crippen LogP contribution in [0.3, 0.4) is 0 Å². The number of benzene rings is 3. The summed E-state index contributed by atoms with van der Waals surface area (Å²) in [5.74, 6) is -1.28. The molecule has 0 amide bonds. The third-order valence-electron chi connectivity index (χ3n) is 4.90. The zero-order chi connectivity index (χ0) is 26.7. The molecular formula is C26H16BrCl2NO7. The average Bonchev–Trinajstić information content (AvgIpc) is 3.20. The molecule has 1 aliphatic heterocycles. The van der Waals surface area contributed by atoms with Gasteiger partial charge in [0.2, 0.25) is 5.90 Å². The van der Waals surface area contributed by atoms with Crippen LogP contribution in [-0.2, 0) is 14.3 Å². The molecule has 0 radical (unpaired) electrons. The highest BCUT2D eigenvalue weighted by molar-refractivity contribution is 9.10. The minimum atomic E-state index is -0.712. The quantitative estimate of drug-likeness (QED) is 0.186. The number of methoxy groups -OCH3 is 1. The van der Waals surface area contributed by atoms with Crippen LogP contribution in [0, 0.1) is 0 Å². The van der Waals surface area contributed by atoms with Gasteiger partial charge in [0.05, 0.1) is 17.7 Å². The van der Waals surface area contributed by atoms with E-state index in [0.717, 1.165) is 0 Å². The molecule has 8 nitrogen and oxygen atoms in total. The molecule has 188 valence electrons. The number of halogens is 3. The highest BCUT2D eigenvalue weighted by Gasteiger charge is 2.26. The molecule has 0 saturated heterocycles. The van der Waals surface area contributed by atoms with Crippen LogP contribution < -0.4 is 14.2 Å². The van der Waals surface area contributed by atoms with Gasteiger partial charge in [-0.05, 0) is 60.7 Å². The molecule has 0 N–H and O–H groups in total. The minimum absolute atomic E-state index is 0.0189. The lowest BCUT2D eigenvalue weighted by atomic mass is 10.1. The Morgan fingerprint density at radius 1 is 0.973 bits per heavy atom. The van der Waals surface area contributed by atoms with E-state index in [0.29, 0.717) is 20.6 Å². The minimum Gasteiger partial charge on any atom is -0.493 e. The highest BCUT2D eigenvalue weighted by atomic mass is 79.9. The summed E-state index contributed by atoms with van der Waals surface area (Å²) in [6, 6.07) is 13.9. The van der Waals surface area contributed by atoms with Gasteiger partial charge in [-0.2, -0.15) is 0 Å². The summed E-state index contributed by atoms with van der Waals surface area (Å²) in [7, 11) is 1.41. The summed E-state index contributed by atoms with van der Waals surface area (Å²) in [5, 5.41) is 0.515. The number of esters is 3. The van der Waals surface area contributed by atoms with Crippen LogP contribution >= 0.6 is 39.1 Å². The maximum atomic E-state index is 12.7. The highest BCUT2D eigenvalue weighted by Crippen LogP contribution is 2.32. The molecule has 0 spiro atoms. The number of hydrogen-bond acceptors (Lipinski definition) is 8. The van der Waals surface area contributed by atoms with Crippen LogP contribution in [0.5, 0.6) is 17.2 Å². The van der Waals surface area contributed by atoms with Gasteiger partial charge in [-0.1, -0.05) is 39.1 Å². The van der Waals surface area contributed by atoms with E-state index >= 15 is 0 Å². The molecule has 11 heteroatoms. The zero-order valence-corrected chi connectivity index (χ0v) is 22.3. The third-order valence-corrected chi connectivity index (χ3v) is 5.94. The maximum absolute atomic E-state index is 12.7. The Morgan fingerprint density at radius 3 is 2.43 bits per heavy atom. The van der Waals surface area contributed by atoms with Crippen molar-refractivity contribution in [2.45, 2.75) is 6.92 Å². The van der Waals surface area contributed by atoms with Crippen molar-refractivity contribution < 1.29 is 33.3 Å². The molecule has 0 unspecified atom stereocenters. The molecule has 4 rings (SSSR count). The Bertz CT molecular complexity index is 1500. The Kier molecular flexibility index (Phi) is 7.97.